The van der Waals surface area contributed by atoms with E-state index < -0.39 is 39.3 Å². The molecule has 1 aliphatic heterocycles. The highest BCUT2D eigenvalue weighted by Crippen LogP contribution is 2.43. The predicted molar refractivity (Wildman–Crippen MR) is 132 cm³/mol. The van der Waals surface area contributed by atoms with Gasteiger partial charge < -0.3 is 20.5 Å². The number of methoxy groups -OCH3 is 2. The van der Waals surface area contributed by atoms with Crippen molar-refractivity contribution in [2.75, 3.05) is 31.0 Å². The quantitative estimate of drug-likeness (QED) is 0.439. The molecule has 1 aliphatic rings. The van der Waals surface area contributed by atoms with Crippen molar-refractivity contribution >= 4 is 26.7 Å². The maximum absolute atomic E-state index is 14.8. The number of alkyl halides is 2. The first-order valence-electron chi connectivity index (χ1n) is 11.6. The lowest BCUT2D eigenvalue weighted by Gasteiger charge is -2.36. The molecule has 1 atom stereocenters. The normalized spacial score (nSPS) is 17.6. The van der Waals surface area contributed by atoms with Gasteiger partial charge in [-0.05, 0) is 25.8 Å². The number of halogens is 3. The van der Waals surface area contributed by atoms with Gasteiger partial charge in [0.25, 0.3) is 6.43 Å². The van der Waals surface area contributed by atoms with Gasteiger partial charge in [0.05, 0.1) is 47.8 Å². The molecule has 200 valence electrons. The van der Waals surface area contributed by atoms with Gasteiger partial charge in [0, 0.05) is 18.2 Å². The monoisotopic (exact) mass is 539 g/mol. The van der Waals surface area contributed by atoms with E-state index in [1.165, 1.54) is 26.4 Å². The van der Waals surface area contributed by atoms with Gasteiger partial charge >= 0.3 is 0 Å². The largest absolute Gasteiger partial charge is 0.481 e. The minimum Gasteiger partial charge on any atom is -0.481 e. The van der Waals surface area contributed by atoms with Gasteiger partial charge in [-0.1, -0.05) is 18.2 Å². The number of fused-ring (bicyclic) bond motifs is 1. The number of nitrogens with two attached hydrogens (primary N) is 1. The Morgan fingerprint density at radius 3 is 2.41 bits per heavy atom. The summed E-state index contributed by atoms with van der Waals surface area (Å²) in [6.45, 7) is 1.60. The topological polar surface area (TPSA) is 129 Å². The molecule has 3 aromatic rings. The second kappa shape index (κ2) is 10.4. The second-order valence-corrected chi connectivity index (χ2v) is 11.2. The van der Waals surface area contributed by atoms with Crippen LogP contribution >= 0.6 is 0 Å². The van der Waals surface area contributed by atoms with Crippen molar-refractivity contribution < 1.29 is 31.1 Å². The van der Waals surface area contributed by atoms with Gasteiger partial charge in [0.15, 0.2) is 15.5 Å². The molecule has 0 amide bonds. The SMILES string of the molecule is COc1nc2nc(CN)nc(N[C@H](C)c3cccc(C(F)F)c3F)c2cc1C1(OC)CCS(=O)(=O)CC1. The molecule has 1 aromatic carbocycles. The molecule has 37 heavy (non-hydrogen) atoms. The lowest BCUT2D eigenvalue weighted by Crippen LogP contribution is -2.39. The van der Waals surface area contributed by atoms with Crippen LogP contribution in [0, 0.1) is 5.82 Å². The van der Waals surface area contributed by atoms with Gasteiger partial charge in [-0.25, -0.2) is 31.6 Å². The zero-order valence-corrected chi connectivity index (χ0v) is 21.4. The van der Waals surface area contributed by atoms with Crippen LogP contribution in [-0.4, -0.2) is 49.1 Å². The molecule has 0 aliphatic carbocycles. The molecule has 1 saturated heterocycles. The number of hydrogen-bond acceptors (Lipinski definition) is 9. The number of anilines is 1. The number of nitrogens with zero attached hydrogens (tertiary/aromatic N) is 3. The molecule has 0 bridgehead atoms. The third-order valence-corrected chi connectivity index (χ3v) is 8.36. The number of nitrogens with one attached hydrogen (secondary N) is 1. The summed E-state index contributed by atoms with van der Waals surface area (Å²) in [5, 5.41) is 3.51. The minimum absolute atomic E-state index is 0.0140. The Morgan fingerprint density at radius 1 is 1.14 bits per heavy atom. The van der Waals surface area contributed by atoms with E-state index in [1.807, 2.05) is 0 Å². The molecule has 0 spiro atoms. The number of ether oxygens (including phenoxy) is 2. The highest BCUT2D eigenvalue weighted by Gasteiger charge is 2.42. The lowest BCUT2D eigenvalue weighted by molar-refractivity contribution is -0.0251. The van der Waals surface area contributed by atoms with E-state index in [4.69, 9.17) is 15.2 Å². The fourth-order valence-electron chi connectivity index (χ4n) is 4.57. The standard InChI is InChI=1S/C24H28F3N5O4S/c1-13(14-5-4-6-15(19(14)25)20(26)27)29-21-16-11-17(24(36-3)7-9-37(33,34)10-8-24)23(35-2)32-22(16)31-18(12-28)30-21/h4-6,11,13,20H,7-10,12,28H2,1-3H3,(H,29,30,31,32)/t13-/m1/s1. The molecule has 1 fully saturated rings. The number of aromatic nitrogens is 3. The van der Waals surface area contributed by atoms with E-state index in [9.17, 15) is 21.6 Å². The molecule has 3 heterocycles. The molecular formula is C24H28F3N5O4S. The summed E-state index contributed by atoms with van der Waals surface area (Å²) >= 11 is 0. The van der Waals surface area contributed by atoms with Crippen LogP contribution in [0.4, 0.5) is 19.0 Å². The predicted octanol–water partition coefficient (Wildman–Crippen LogP) is 3.79. The smallest absolute Gasteiger partial charge is 0.266 e. The highest BCUT2D eigenvalue weighted by atomic mass is 32.2. The molecule has 13 heteroatoms. The first-order chi connectivity index (χ1) is 17.5. The van der Waals surface area contributed by atoms with Gasteiger partial charge in [-0.15, -0.1) is 0 Å². The Kier molecular flexibility index (Phi) is 7.58. The van der Waals surface area contributed by atoms with Crippen molar-refractivity contribution in [2.45, 2.75) is 44.4 Å². The number of benzene rings is 1. The lowest BCUT2D eigenvalue weighted by atomic mass is 9.87. The Balaban J connectivity index is 1.84. The highest BCUT2D eigenvalue weighted by molar-refractivity contribution is 7.91. The maximum Gasteiger partial charge on any atom is 0.266 e. The van der Waals surface area contributed by atoms with E-state index in [0.29, 0.717) is 10.9 Å². The Morgan fingerprint density at radius 2 is 1.81 bits per heavy atom. The molecule has 4 rings (SSSR count). The summed E-state index contributed by atoms with van der Waals surface area (Å²) in [6.07, 6.45) is -2.57. The number of pyridine rings is 1. The first-order valence-corrected chi connectivity index (χ1v) is 13.4. The zero-order chi connectivity index (χ0) is 27.0. The summed E-state index contributed by atoms with van der Waals surface area (Å²) in [7, 11) is -0.261. The van der Waals surface area contributed by atoms with E-state index in [-0.39, 0.29) is 59.6 Å². The molecule has 3 N–H and O–H groups in total. The number of rotatable bonds is 8. The fourth-order valence-corrected chi connectivity index (χ4v) is 6.06. The second-order valence-electron chi connectivity index (χ2n) is 8.88. The molecule has 9 nitrogen and oxygen atoms in total. The van der Waals surface area contributed by atoms with Gasteiger partial charge in [-0.2, -0.15) is 4.98 Å². The van der Waals surface area contributed by atoms with Crippen LogP contribution in [0.3, 0.4) is 0 Å². The molecular weight excluding hydrogens is 511 g/mol. The average Bonchev–Trinajstić information content (AvgIpc) is 2.88. The van der Waals surface area contributed by atoms with Gasteiger partial charge in [-0.3, -0.25) is 0 Å². The summed E-state index contributed by atoms with van der Waals surface area (Å²) in [5.41, 5.74) is 4.90. The van der Waals surface area contributed by atoms with Crippen molar-refractivity contribution in [1.82, 2.24) is 15.0 Å². The number of hydrogen-bond donors (Lipinski definition) is 2. The van der Waals surface area contributed by atoms with Crippen molar-refractivity contribution in [3.8, 4) is 5.88 Å². The van der Waals surface area contributed by atoms with Crippen LogP contribution in [0.25, 0.3) is 11.0 Å². The van der Waals surface area contributed by atoms with Crippen LogP contribution in [-0.2, 0) is 26.7 Å². The fraction of sp³-hybridized carbons (Fsp3) is 0.458. The van der Waals surface area contributed by atoms with E-state index in [2.05, 4.69) is 20.3 Å². The summed E-state index contributed by atoms with van der Waals surface area (Å²) in [5.74, 6) is -0.413. The third-order valence-electron chi connectivity index (χ3n) is 6.70. The van der Waals surface area contributed by atoms with E-state index >= 15 is 0 Å². The summed E-state index contributed by atoms with van der Waals surface area (Å²) in [4.78, 5) is 13.4. The maximum atomic E-state index is 14.8. The van der Waals surface area contributed by atoms with E-state index in [1.54, 1.807) is 13.0 Å². The third kappa shape index (κ3) is 5.20. The Hall–Kier alpha value is -3.03. The molecule has 0 unspecified atom stereocenters. The molecule has 2 aromatic heterocycles. The number of sulfone groups is 1. The zero-order valence-electron chi connectivity index (χ0n) is 20.6. The summed E-state index contributed by atoms with van der Waals surface area (Å²) < 4.78 is 76.9. The average molecular weight is 540 g/mol. The van der Waals surface area contributed by atoms with Crippen LogP contribution < -0.4 is 15.8 Å². The van der Waals surface area contributed by atoms with Crippen LogP contribution in [0.15, 0.2) is 24.3 Å². The van der Waals surface area contributed by atoms with Crippen molar-refractivity contribution in [2.24, 2.45) is 5.73 Å². The van der Waals surface area contributed by atoms with Crippen molar-refractivity contribution in [3.63, 3.8) is 0 Å². The summed E-state index contributed by atoms with van der Waals surface area (Å²) in [6, 6.07) is 4.78. The minimum atomic E-state index is -3.19. The van der Waals surface area contributed by atoms with Crippen LogP contribution in [0.1, 0.15) is 54.7 Å². The first kappa shape index (κ1) is 27.0. The van der Waals surface area contributed by atoms with E-state index in [0.717, 1.165) is 6.07 Å². The van der Waals surface area contributed by atoms with Gasteiger partial charge in [0.1, 0.15) is 17.5 Å². The molecule has 0 radical (unpaired) electrons. The Bertz CT molecular complexity index is 1410. The Labute approximate surface area is 212 Å². The van der Waals surface area contributed by atoms with Crippen molar-refractivity contribution in [3.05, 3.63) is 52.6 Å². The molecule has 0 saturated carbocycles. The van der Waals surface area contributed by atoms with Crippen LogP contribution in [0.5, 0.6) is 5.88 Å². The van der Waals surface area contributed by atoms with Crippen molar-refractivity contribution in [1.29, 1.82) is 0 Å². The van der Waals surface area contributed by atoms with Gasteiger partial charge in [0.2, 0.25) is 5.88 Å². The van der Waals surface area contributed by atoms with Crippen LogP contribution in [0.2, 0.25) is 0 Å².